The Bertz CT molecular complexity index is 258. The smallest absolute Gasteiger partial charge is 0.182 e. The summed E-state index contributed by atoms with van der Waals surface area (Å²) in [5, 5.41) is 6.42. The Morgan fingerprint density at radius 2 is 2.36 bits per heavy atom. The third-order valence-electron chi connectivity index (χ3n) is 1.95. The molecule has 0 aliphatic heterocycles. The molecule has 1 aromatic rings. The molecule has 14 heavy (non-hydrogen) atoms. The van der Waals surface area contributed by atoms with Crippen LogP contribution in [0.25, 0.3) is 0 Å². The van der Waals surface area contributed by atoms with Crippen LogP contribution in [0.2, 0.25) is 0 Å². The summed E-state index contributed by atoms with van der Waals surface area (Å²) in [6.45, 7) is 6.13. The summed E-state index contributed by atoms with van der Waals surface area (Å²) in [5.74, 6) is 0.742. The number of rotatable bonds is 6. The van der Waals surface area contributed by atoms with Crippen LogP contribution in [0.1, 0.15) is 26.0 Å². The molecule has 0 aliphatic carbocycles. The van der Waals surface area contributed by atoms with Gasteiger partial charge < -0.3 is 11.1 Å². The van der Waals surface area contributed by atoms with Crippen molar-refractivity contribution in [3.63, 3.8) is 0 Å². The molecule has 0 aliphatic rings. The lowest BCUT2D eigenvalue weighted by molar-refractivity contribution is 0.607. The van der Waals surface area contributed by atoms with Gasteiger partial charge in [0, 0.05) is 18.3 Å². The molecule has 0 fully saturated rings. The molecule has 0 atom stereocenters. The number of hydrogen-bond donors (Lipinski definition) is 2. The molecule has 80 valence electrons. The molecular weight excluding hydrogens is 194 g/mol. The number of nitrogens with zero attached hydrogens (tertiary/aromatic N) is 1. The number of aromatic nitrogens is 1. The van der Waals surface area contributed by atoms with Gasteiger partial charge in [-0.2, -0.15) is 0 Å². The second kappa shape index (κ2) is 5.98. The van der Waals surface area contributed by atoms with Crippen LogP contribution in [0.3, 0.4) is 0 Å². The van der Waals surface area contributed by atoms with Crippen LogP contribution in [0.4, 0.5) is 5.13 Å². The van der Waals surface area contributed by atoms with Gasteiger partial charge in [-0.15, -0.1) is 11.3 Å². The largest absolute Gasteiger partial charge is 0.362 e. The molecule has 4 heteroatoms. The zero-order valence-corrected chi connectivity index (χ0v) is 9.73. The molecule has 1 heterocycles. The summed E-state index contributed by atoms with van der Waals surface area (Å²) in [4.78, 5) is 4.42. The van der Waals surface area contributed by atoms with Crippen LogP contribution in [0.15, 0.2) is 5.38 Å². The number of nitrogens with two attached hydrogens (primary N) is 1. The molecule has 3 N–H and O–H groups in total. The van der Waals surface area contributed by atoms with Crippen molar-refractivity contribution in [2.45, 2.75) is 26.7 Å². The third-order valence-corrected chi connectivity index (χ3v) is 2.80. The van der Waals surface area contributed by atoms with Gasteiger partial charge in [-0.1, -0.05) is 13.8 Å². The first-order valence-electron chi connectivity index (χ1n) is 5.10. The maximum Gasteiger partial charge on any atom is 0.182 e. The first-order valence-corrected chi connectivity index (χ1v) is 5.98. The van der Waals surface area contributed by atoms with Crippen molar-refractivity contribution in [3.05, 3.63) is 11.1 Å². The van der Waals surface area contributed by atoms with E-state index in [0.717, 1.165) is 29.7 Å². The minimum absolute atomic E-state index is 0.676. The van der Waals surface area contributed by atoms with E-state index < -0.39 is 0 Å². The number of thiazole rings is 1. The fourth-order valence-electron chi connectivity index (χ4n) is 1.12. The number of anilines is 1. The summed E-state index contributed by atoms with van der Waals surface area (Å²) in [7, 11) is 0. The fourth-order valence-corrected chi connectivity index (χ4v) is 1.89. The number of hydrogen-bond acceptors (Lipinski definition) is 4. The summed E-state index contributed by atoms with van der Waals surface area (Å²) >= 11 is 1.66. The zero-order valence-electron chi connectivity index (χ0n) is 8.92. The summed E-state index contributed by atoms with van der Waals surface area (Å²) in [5.41, 5.74) is 6.56. The van der Waals surface area contributed by atoms with Crippen molar-refractivity contribution >= 4 is 16.5 Å². The van der Waals surface area contributed by atoms with E-state index >= 15 is 0 Å². The first-order chi connectivity index (χ1) is 6.72. The third kappa shape index (κ3) is 4.07. The van der Waals surface area contributed by atoms with E-state index in [1.54, 1.807) is 11.3 Å². The predicted octanol–water partition coefficient (Wildman–Crippen LogP) is 2.10. The van der Waals surface area contributed by atoms with E-state index in [0.29, 0.717) is 6.54 Å². The second-order valence-electron chi connectivity index (χ2n) is 3.79. The highest BCUT2D eigenvalue weighted by Crippen LogP contribution is 2.15. The van der Waals surface area contributed by atoms with Gasteiger partial charge in [0.1, 0.15) is 0 Å². The van der Waals surface area contributed by atoms with Crippen LogP contribution >= 0.6 is 11.3 Å². The molecule has 0 radical (unpaired) electrons. The van der Waals surface area contributed by atoms with Crippen molar-refractivity contribution in [2.24, 2.45) is 11.7 Å². The lowest BCUT2D eigenvalue weighted by atomic mass is 10.1. The zero-order chi connectivity index (χ0) is 10.4. The van der Waals surface area contributed by atoms with E-state index in [1.165, 1.54) is 6.42 Å². The van der Waals surface area contributed by atoms with Crippen molar-refractivity contribution in [1.29, 1.82) is 0 Å². The average molecular weight is 213 g/mol. The van der Waals surface area contributed by atoms with E-state index in [-0.39, 0.29) is 0 Å². The quantitative estimate of drug-likeness (QED) is 0.761. The van der Waals surface area contributed by atoms with Crippen molar-refractivity contribution in [2.75, 3.05) is 18.4 Å². The van der Waals surface area contributed by atoms with Gasteiger partial charge in [-0.05, 0) is 18.9 Å². The Morgan fingerprint density at radius 1 is 1.57 bits per heavy atom. The minimum Gasteiger partial charge on any atom is -0.362 e. The molecule has 1 rings (SSSR count). The van der Waals surface area contributed by atoms with Crippen LogP contribution in [0.5, 0.6) is 0 Å². The topological polar surface area (TPSA) is 50.9 Å². The normalized spacial score (nSPS) is 10.9. The molecule has 0 saturated heterocycles. The van der Waals surface area contributed by atoms with Gasteiger partial charge in [-0.25, -0.2) is 4.98 Å². The Morgan fingerprint density at radius 3 is 3.00 bits per heavy atom. The molecule has 0 bridgehead atoms. The monoisotopic (exact) mass is 213 g/mol. The van der Waals surface area contributed by atoms with Gasteiger partial charge >= 0.3 is 0 Å². The predicted molar refractivity (Wildman–Crippen MR) is 62.8 cm³/mol. The Hall–Kier alpha value is -0.610. The minimum atomic E-state index is 0.676. The molecular formula is C10H19N3S. The van der Waals surface area contributed by atoms with Crippen LogP contribution < -0.4 is 11.1 Å². The summed E-state index contributed by atoms with van der Waals surface area (Å²) in [6, 6.07) is 0. The molecule has 0 saturated carbocycles. The average Bonchev–Trinajstić information content (AvgIpc) is 2.53. The highest BCUT2D eigenvalue weighted by atomic mass is 32.1. The highest BCUT2D eigenvalue weighted by Gasteiger charge is 2.00. The van der Waals surface area contributed by atoms with Crippen molar-refractivity contribution in [1.82, 2.24) is 4.98 Å². The van der Waals surface area contributed by atoms with Gasteiger partial charge in [0.2, 0.25) is 0 Å². The maximum absolute atomic E-state index is 5.45. The van der Waals surface area contributed by atoms with Crippen LogP contribution in [-0.2, 0) is 6.42 Å². The first kappa shape index (κ1) is 11.5. The second-order valence-corrected chi connectivity index (χ2v) is 4.65. The Kier molecular flexibility index (Phi) is 4.90. The van der Waals surface area contributed by atoms with Crippen LogP contribution in [0, 0.1) is 5.92 Å². The van der Waals surface area contributed by atoms with Gasteiger partial charge in [0.05, 0.1) is 5.69 Å². The molecule has 1 aromatic heterocycles. The van der Waals surface area contributed by atoms with E-state index in [9.17, 15) is 0 Å². The molecule has 3 nitrogen and oxygen atoms in total. The summed E-state index contributed by atoms with van der Waals surface area (Å²) < 4.78 is 0. The SMILES string of the molecule is CC(C)CCNc1nc(CCN)cs1. The van der Waals surface area contributed by atoms with E-state index in [4.69, 9.17) is 5.73 Å². The van der Waals surface area contributed by atoms with Crippen LogP contribution in [-0.4, -0.2) is 18.1 Å². The van der Waals surface area contributed by atoms with Gasteiger partial charge in [0.25, 0.3) is 0 Å². The maximum atomic E-state index is 5.45. The van der Waals surface area contributed by atoms with Crippen molar-refractivity contribution in [3.8, 4) is 0 Å². The fraction of sp³-hybridized carbons (Fsp3) is 0.700. The van der Waals surface area contributed by atoms with Gasteiger partial charge in [-0.3, -0.25) is 0 Å². The van der Waals surface area contributed by atoms with Gasteiger partial charge in [0.15, 0.2) is 5.13 Å². The van der Waals surface area contributed by atoms with E-state index in [1.807, 2.05) is 0 Å². The van der Waals surface area contributed by atoms with Crippen molar-refractivity contribution < 1.29 is 0 Å². The molecule has 0 aromatic carbocycles. The Balaban J connectivity index is 2.28. The molecule has 0 spiro atoms. The Labute approximate surface area is 89.7 Å². The van der Waals surface area contributed by atoms with E-state index in [2.05, 4.69) is 29.5 Å². The molecule has 0 amide bonds. The standard InChI is InChI=1S/C10H19N3S/c1-8(2)4-6-12-10-13-9(3-5-11)7-14-10/h7-8H,3-6,11H2,1-2H3,(H,12,13). The summed E-state index contributed by atoms with van der Waals surface area (Å²) in [6.07, 6.45) is 2.06. The lowest BCUT2D eigenvalue weighted by Crippen LogP contribution is -2.05. The highest BCUT2D eigenvalue weighted by molar-refractivity contribution is 7.13. The lowest BCUT2D eigenvalue weighted by Gasteiger charge is -2.04. The number of nitrogens with one attached hydrogen (secondary N) is 1. The molecule has 0 unspecified atom stereocenters.